The van der Waals surface area contributed by atoms with Gasteiger partial charge in [0.1, 0.15) is 19.8 Å². The minimum Gasteiger partial charge on any atom is -0.465 e. The van der Waals surface area contributed by atoms with E-state index in [1.807, 2.05) is 30.3 Å². The Bertz CT molecular complexity index is 1330. The van der Waals surface area contributed by atoms with E-state index in [1.165, 1.54) is 12.8 Å². The number of hydrogen-bond acceptors (Lipinski definition) is 12. The van der Waals surface area contributed by atoms with Gasteiger partial charge in [-0.15, -0.1) is 0 Å². The van der Waals surface area contributed by atoms with Crippen molar-refractivity contribution in [2.45, 2.75) is 207 Å². The second-order valence-electron chi connectivity index (χ2n) is 16.5. The molecule has 12 heteroatoms. The minimum absolute atomic E-state index is 0.0565. The molecule has 0 aliphatic heterocycles. The molecular formula is C50H82O12. The first-order chi connectivity index (χ1) is 30.1. The van der Waals surface area contributed by atoms with E-state index in [0.29, 0.717) is 51.7 Å². The van der Waals surface area contributed by atoms with Gasteiger partial charge >= 0.3 is 35.8 Å². The van der Waals surface area contributed by atoms with Crippen LogP contribution in [0.1, 0.15) is 200 Å². The van der Waals surface area contributed by atoms with Crippen LogP contribution in [0, 0.1) is 11.8 Å². The van der Waals surface area contributed by atoms with E-state index in [4.69, 9.17) is 28.4 Å². The quantitative estimate of drug-likeness (QED) is 0.0349. The lowest BCUT2D eigenvalue weighted by molar-refractivity contribution is -0.167. The Hall–Kier alpha value is -3.96. The van der Waals surface area contributed by atoms with Gasteiger partial charge in [-0.3, -0.25) is 28.8 Å². The molecule has 0 spiro atoms. The van der Waals surface area contributed by atoms with Gasteiger partial charge in [-0.1, -0.05) is 135 Å². The van der Waals surface area contributed by atoms with Crippen molar-refractivity contribution >= 4 is 35.8 Å². The number of unbranched alkanes of at least 4 members (excludes halogenated alkanes) is 12. The van der Waals surface area contributed by atoms with Crippen molar-refractivity contribution in [3.05, 3.63) is 35.9 Å². The fourth-order valence-corrected chi connectivity index (χ4v) is 6.87. The molecule has 354 valence electrons. The molecular weight excluding hydrogens is 793 g/mol. The maximum Gasteiger partial charge on any atom is 0.308 e. The minimum atomic E-state index is -1.04. The number of rotatable bonds is 40. The Morgan fingerprint density at radius 2 is 0.839 bits per heavy atom. The lowest BCUT2D eigenvalue weighted by Gasteiger charge is -2.18. The van der Waals surface area contributed by atoms with Crippen molar-refractivity contribution in [3.8, 4) is 0 Å². The predicted molar refractivity (Wildman–Crippen MR) is 240 cm³/mol. The van der Waals surface area contributed by atoms with Gasteiger partial charge in [0.15, 0.2) is 6.10 Å². The van der Waals surface area contributed by atoms with Gasteiger partial charge in [0.25, 0.3) is 0 Å². The summed E-state index contributed by atoms with van der Waals surface area (Å²) in [5.41, 5.74) is 0.825. The Morgan fingerprint density at radius 3 is 1.32 bits per heavy atom. The Kier molecular flexibility index (Phi) is 35.0. The lowest BCUT2D eigenvalue weighted by Crippen LogP contribution is -2.31. The highest BCUT2D eigenvalue weighted by Gasteiger charge is 2.22. The summed E-state index contributed by atoms with van der Waals surface area (Å²) in [6, 6.07) is 9.18. The van der Waals surface area contributed by atoms with Gasteiger partial charge in [0, 0.05) is 12.8 Å². The van der Waals surface area contributed by atoms with Crippen molar-refractivity contribution < 1.29 is 57.2 Å². The van der Waals surface area contributed by atoms with Crippen molar-refractivity contribution in [2.75, 3.05) is 26.4 Å². The van der Waals surface area contributed by atoms with E-state index in [-0.39, 0.29) is 69.3 Å². The molecule has 0 fully saturated rings. The van der Waals surface area contributed by atoms with Crippen LogP contribution in [0.3, 0.4) is 0 Å². The van der Waals surface area contributed by atoms with Crippen LogP contribution in [-0.2, 0) is 63.8 Å². The molecule has 0 amide bonds. The largest absolute Gasteiger partial charge is 0.465 e. The third-order valence-electron chi connectivity index (χ3n) is 10.8. The van der Waals surface area contributed by atoms with E-state index >= 15 is 0 Å². The highest BCUT2D eigenvalue weighted by atomic mass is 16.6. The molecule has 0 aliphatic rings. The van der Waals surface area contributed by atoms with Gasteiger partial charge in [-0.2, -0.15) is 0 Å². The van der Waals surface area contributed by atoms with Gasteiger partial charge in [0.2, 0.25) is 0 Å². The second kappa shape index (κ2) is 38.7. The molecule has 0 heterocycles. The number of esters is 6. The molecule has 0 bridgehead atoms. The van der Waals surface area contributed by atoms with Crippen LogP contribution in [0.2, 0.25) is 0 Å². The zero-order valence-electron chi connectivity index (χ0n) is 38.9. The van der Waals surface area contributed by atoms with Gasteiger partial charge in [-0.05, 0) is 69.8 Å². The lowest BCUT2D eigenvalue weighted by atomic mass is 9.95. The van der Waals surface area contributed by atoms with Crippen LogP contribution in [0.15, 0.2) is 30.3 Å². The molecule has 1 aromatic carbocycles. The third kappa shape index (κ3) is 31.0. The van der Waals surface area contributed by atoms with Crippen molar-refractivity contribution in [3.63, 3.8) is 0 Å². The van der Waals surface area contributed by atoms with Crippen LogP contribution in [0.5, 0.6) is 0 Å². The molecule has 1 rings (SSSR count). The zero-order chi connectivity index (χ0) is 45.5. The van der Waals surface area contributed by atoms with Crippen molar-refractivity contribution in [2.24, 2.45) is 11.8 Å². The molecule has 0 N–H and O–H groups in total. The maximum atomic E-state index is 12.8. The van der Waals surface area contributed by atoms with E-state index in [1.54, 1.807) is 0 Å². The number of hydrogen-bond donors (Lipinski definition) is 0. The number of carbonyl (C=O) groups is 6. The topological polar surface area (TPSA) is 158 Å². The normalized spacial score (nSPS) is 12.5. The maximum absolute atomic E-state index is 12.8. The molecule has 1 aromatic rings. The van der Waals surface area contributed by atoms with Gasteiger partial charge in [0.05, 0.1) is 37.9 Å². The fraction of sp³-hybridized carbons (Fsp3) is 0.760. The van der Waals surface area contributed by atoms with Gasteiger partial charge < -0.3 is 28.4 Å². The fourth-order valence-electron chi connectivity index (χ4n) is 6.87. The molecule has 0 saturated heterocycles. The number of carbonyl (C=O) groups excluding carboxylic acids is 6. The average Bonchev–Trinajstić information content (AvgIpc) is 3.27. The summed E-state index contributed by atoms with van der Waals surface area (Å²) in [6.45, 7) is 8.61. The van der Waals surface area contributed by atoms with Crippen LogP contribution in [-0.4, -0.2) is 68.3 Å². The summed E-state index contributed by atoms with van der Waals surface area (Å²) in [7, 11) is 0. The SMILES string of the molecule is CCCCCCC(CCCC)C(=O)OCCCCCC(=O)OC[C@H](COC(=O)CCC(=O)OCc1ccccc1)OC(=O)CCCCCOC(=O)C(CCCC)CCCCCC. The Balaban J connectivity index is 2.55. The highest BCUT2D eigenvalue weighted by molar-refractivity contribution is 5.77. The van der Waals surface area contributed by atoms with Gasteiger partial charge in [-0.25, -0.2) is 0 Å². The van der Waals surface area contributed by atoms with E-state index < -0.39 is 30.0 Å². The Morgan fingerprint density at radius 1 is 0.419 bits per heavy atom. The van der Waals surface area contributed by atoms with E-state index in [9.17, 15) is 28.8 Å². The monoisotopic (exact) mass is 875 g/mol. The first-order valence-corrected chi connectivity index (χ1v) is 24.2. The molecule has 2 unspecified atom stereocenters. The molecule has 0 aromatic heterocycles. The smallest absolute Gasteiger partial charge is 0.308 e. The average molecular weight is 875 g/mol. The third-order valence-corrected chi connectivity index (χ3v) is 10.8. The second-order valence-corrected chi connectivity index (χ2v) is 16.5. The molecule has 3 atom stereocenters. The highest BCUT2D eigenvalue weighted by Crippen LogP contribution is 2.21. The summed E-state index contributed by atoms with van der Waals surface area (Å²) >= 11 is 0. The summed E-state index contributed by atoms with van der Waals surface area (Å²) < 4.78 is 32.7. The first-order valence-electron chi connectivity index (χ1n) is 24.2. The molecule has 62 heavy (non-hydrogen) atoms. The zero-order valence-corrected chi connectivity index (χ0v) is 38.9. The molecule has 12 nitrogen and oxygen atoms in total. The molecule has 0 radical (unpaired) electrons. The summed E-state index contributed by atoms with van der Waals surface area (Å²) in [5.74, 6) is -2.65. The standard InChI is InChI=1S/C50H82O12/c1-5-9-13-20-30-42(28-11-7-3)49(55)57-36-24-16-22-32-45(51)60-39-44(40-61-47(53)35-34-46(52)59-38-41-26-18-15-19-27-41)62-48(54)33-23-17-25-37-58-50(56)43(29-12-8-4)31-21-14-10-6-2/h15,18-19,26-27,42-44H,5-14,16-17,20-25,28-40H2,1-4H3/t42?,43?,44-/m1/s1. The molecule has 0 saturated carbocycles. The summed E-state index contributed by atoms with van der Waals surface area (Å²) in [6.07, 6.45) is 18.8. The Labute approximate surface area is 373 Å². The number of benzene rings is 1. The first kappa shape index (κ1) is 56.1. The summed E-state index contributed by atoms with van der Waals surface area (Å²) in [5, 5.41) is 0. The summed E-state index contributed by atoms with van der Waals surface area (Å²) in [4.78, 5) is 75.7. The predicted octanol–water partition coefficient (Wildman–Crippen LogP) is 11.3. The van der Waals surface area contributed by atoms with Crippen molar-refractivity contribution in [1.29, 1.82) is 0 Å². The van der Waals surface area contributed by atoms with Crippen molar-refractivity contribution in [1.82, 2.24) is 0 Å². The van der Waals surface area contributed by atoms with Crippen LogP contribution in [0.4, 0.5) is 0 Å². The van der Waals surface area contributed by atoms with E-state index in [0.717, 1.165) is 95.5 Å². The van der Waals surface area contributed by atoms with E-state index in [2.05, 4.69) is 27.7 Å². The molecule has 0 aliphatic carbocycles. The number of ether oxygens (including phenoxy) is 6. The van der Waals surface area contributed by atoms with Crippen LogP contribution >= 0.6 is 0 Å². The van der Waals surface area contributed by atoms with Crippen LogP contribution < -0.4 is 0 Å². The van der Waals surface area contributed by atoms with Crippen LogP contribution in [0.25, 0.3) is 0 Å².